The van der Waals surface area contributed by atoms with Crippen LogP contribution >= 0.6 is 0 Å². The van der Waals surface area contributed by atoms with Crippen molar-refractivity contribution in [1.82, 2.24) is 10.3 Å². The summed E-state index contributed by atoms with van der Waals surface area (Å²) in [5, 5.41) is 13.2. The van der Waals surface area contributed by atoms with E-state index in [4.69, 9.17) is 9.47 Å². The van der Waals surface area contributed by atoms with Gasteiger partial charge in [0.15, 0.2) is 6.61 Å². The van der Waals surface area contributed by atoms with E-state index in [1.165, 1.54) is 0 Å². The number of amides is 1. The number of nitrogens with one attached hydrogen (secondary N) is 2. The number of esters is 1. The number of hydrogen-bond acceptors (Lipinski definition) is 5. The van der Waals surface area contributed by atoms with Crippen molar-refractivity contribution in [1.29, 1.82) is 0 Å². The van der Waals surface area contributed by atoms with Crippen LogP contribution in [-0.4, -0.2) is 40.6 Å². The first-order valence-electron chi connectivity index (χ1n) is 12.0. The molecule has 0 radical (unpaired) electrons. The molecular formula is C29H26N2O6. The second-order valence-electron chi connectivity index (χ2n) is 9.11. The van der Waals surface area contributed by atoms with Crippen molar-refractivity contribution in [2.75, 3.05) is 6.61 Å². The molecule has 0 saturated carbocycles. The Hall–Kier alpha value is -4.59. The highest BCUT2D eigenvalue weighted by Crippen LogP contribution is 2.36. The molecule has 5 rings (SSSR count). The van der Waals surface area contributed by atoms with Crippen molar-refractivity contribution >= 4 is 28.7 Å². The Morgan fingerprint density at radius 3 is 2.76 bits per heavy atom. The van der Waals surface area contributed by atoms with Gasteiger partial charge in [-0.2, -0.15) is 0 Å². The van der Waals surface area contributed by atoms with E-state index in [-0.39, 0.29) is 13.0 Å². The van der Waals surface area contributed by atoms with E-state index in [1.807, 2.05) is 55.5 Å². The Labute approximate surface area is 213 Å². The highest BCUT2D eigenvalue weighted by molar-refractivity contribution is 5.92. The number of benzene rings is 3. The third-order valence-electron chi connectivity index (χ3n) is 6.50. The molecule has 1 aliphatic rings. The lowest BCUT2D eigenvalue weighted by Gasteiger charge is -2.26. The highest BCUT2D eigenvalue weighted by atomic mass is 16.5. The zero-order valence-corrected chi connectivity index (χ0v) is 20.2. The third-order valence-corrected chi connectivity index (χ3v) is 6.50. The quantitative estimate of drug-likeness (QED) is 0.315. The van der Waals surface area contributed by atoms with Crippen LogP contribution in [0.1, 0.15) is 38.7 Å². The first kappa shape index (κ1) is 24.1. The molecule has 0 unspecified atom stereocenters. The number of hydrogen-bond donors (Lipinski definition) is 3. The molecule has 8 nitrogen and oxygen atoms in total. The maximum atomic E-state index is 12.7. The van der Waals surface area contributed by atoms with Crippen molar-refractivity contribution in [2.45, 2.75) is 31.9 Å². The van der Waals surface area contributed by atoms with Crippen LogP contribution in [0.5, 0.6) is 5.75 Å². The van der Waals surface area contributed by atoms with Gasteiger partial charge in [0.25, 0.3) is 5.91 Å². The standard InChI is InChI=1S/C29H26N2O6/c1-17-10-11-25(22(12-17)26-14-18-6-2-3-8-21(18)29(35)37-26)36-16-27(32)31-24(28(33)34)13-19-15-30-23-9-5-4-7-20(19)23/h2-12,15,24,26,30H,13-14,16H2,1H3,(H,31,32)(H,33,34)/t24-,26+/m1/s1. The van der Waals surface area contributed by atoms with Gasteiger partial charge in [0, 0.05) is 35.5 Å². The molecule has 3 aromatic carbocycles. The van der Waals surface area contributed by atoms with E-state index in [2.05, 4.69) is 10.3 Å². The van der Waals surface area contributed by atoms with Gasteiger partial charge in [-0.1, -0.05) is 48.0 Å². The minimum atomic E-state index is -1.14. The molecule has 2 heterocycles. The first-order valence-corrected chi connectivity index (χ1v) is 12.0. The summed E-state index contributed by atoms with van der Waals surface area (Å²) >= 11 is 0. The summed E-state index contributed by atoms with van der Waals surface area (Å²) in [6, 6.07) is 19.2. The maximum Gasteiger partial charge on any atom is 0.339 e. The normalized spacial score (nSPS) is 15.5. The van der Waals surface area contributed by atoms with E-state index in [1.54, 1.807) is 24.4 Å². The van der Waals surface area contributed by atoms with Crippen molar-refractivity contribution in [3.63, 3.8) is 0 Å². The fourth-order valence-corrected chi connectivity index (χ4v) is 4.66. The number of H-pyrrole nitrogens is 1. The molecule has 2 atom stereocenters. The number of carboxylic acid groups (broad SMARTS) is 1. The molecule has 188 valence electrons. The minimum Gasteiger partial charge on any atom is -0.483 e. The van der Waals surface area contributed by atoms with E-state index in [0.29, 0.717) is 23.3 Å². The average molecular weight is 499 g/mol. The molecule has 0 aliphatic carbocycles. The number of cyclic esters (lactones) is 1. The van der Waals surface area contributed by atoms with Gasteiger partial charge in [-0.15, -0.1) is 0 Å². The molecule has 0 fully saturated rings. The van der Waals surface area contributed by atoms with Gasteiger partial charge in [0.05, 0.1) is 5.56 Å². The molecule has 1 aromatic heterocycles. The number of aromatic amines is 1. The van der Waals surface area contributed by atoms with Crippen molar-refractivity contribution in [3.8, 4) is 5.75 Å². The minimum absolute atomic E-state index is 0.123. The van der Waals surface area contributed by atoms with Gasteiger partial charge in [0.2, 0.25) is 0 Å². The molecule has 37 heavy (non-hydrogen) atoms. The zero-order chi connectivity index (χ0) is 25.9. The van der Waals surface area contributed by atoms with Crippen LogP contribution in [0.15, 0.2) is 72.9 Å². The number of carbonyl (C=O) groups is 3. The van der Waals surface area contributed by atoms with Gasteiger partial charge >= 0.3 is 11.9 Å². The van der Waals surface area contributed by atoms with Crippen molar-refractivity contribution in [3.05, 3.63) is 101 Å². The topological polar surface area (TPSA) is 118 Å². The summed E-state index contributed by atoms with van der Waals surface area (Å²) in [5.41, 5.74) is 4.73. The van der Waals surface area contributed by atoms with Crippen LogP contribution in [0.25, 0.3) is 10.9 Å². The Morgan fingerprint density at radius 2 is 1.92 bits per heavy atom. The van der Waals surface area contributed by atoms with Crippen LogP contribution in [-0.2, 0) is 27.2 Å². The molecule has 0 spiro atoms. The van der Waals surface area contributed by atoms with E-state index in [0.717, 1.165) is 27.6 Å². The van der Waals surface area contributed by atoms with Crippen LogP contribution in [0.2, 0.25) is 0 Å². The molecule has 0 saturated heterocycles. The lowest BCUT2D eigenvalue weighted by Crippen LogP contribution is -2.44. The summed E-state index contributed by atoms with van der Waals surface area (Å²) in [6.07, 6.45) is 1.80. The van der Waals surface area contributed by atoms with E-state index < -0.39 is 30.0 Å². The summed E-state index contributed by atoms with van der Waals surface area (Å²) in [5.74, 6) is -1.70. The Morgan fingerprint density at radius 1 is 1.14 bits per heavy atom. The molecular weight excluding hydrogens is 472 g/mol. The molecule has 1 aliphatic heterocycles. The molecule has 4 aromatic rings. The van der Waals surface area contributed by atoms with Crippen molar-refractivity contribution < 1.29 is 29.0 Å². The Kier molecular flexibility index (Phi) is 6.64. The monoisotopic (exact) mass is 498 g/mol. The number of rotatable bonds is 8. The average Bonchev–Trinajstić information content (AvgIpc) is 3.30. The van der Waals surface area contributed by atoms with Crippen LogP contribution in [0, 0.1) is 6.92 Å². The summed E-state index contributed by atoms with van der Waals surface area (Å²) in [7, 11) is 0. The Balaban J connectivity index is 1.28. The van der Waals surface area contributed by atoms with Gasteiger partial charge in [-0.3, -0.25) is 4.79 Å². The van der Waals surface area contributed by atoms with Gasteiger partial charge in [-0.25, -0.2) is 9.59 Å². The van der Waals surface area contributed by atoms with Crippen LogP contribution in [0.3, 0.4) is 0 Å². The summed E-state index contributed by atoms with van der Waals surface area (Å²) < 4.78 is 11.5. The fraction of sp³-hybridized carbons (Fsp3) is 0.207. The fourth-order valence-electron chi connectivity index (χ4n) is 4.66. The highest BCUT2D eigenvalue weighted by Gasteiger charge is 2.29. The summed E-state index contributed by atoms with van der Waals surface area (Å²) in [4.78, 5) is 40.2. The van der Waals surface area contributed by atoms with E-state index in [9.17, 15) is 19.5 Å². The maximum absolute atomic E-state index is 12.7. The third kappa shape index (κ3) is 5.18. The predicted octanol–water partition coefficient (Wildman–Crippen LogP) is 4.12. The molecule has 1 amide bonds. The first-order chi connectivity index (χ1) is 17.9. The Bertz CT molecular complexity index is 1490. The van der Waals surface area contributed by atoms with Crippen LogP contribution < -0.4 is 10.1 Å². The van der Waals surface area contributed by atoms with Gasteiger partial charge < -0.3 is 24.9 Å². The summed E-state index contributed by atoms with van der Waals surface area (Å²) in [6.45, 7) is 1.53. The predicted molar refractivity (Wildman–Crippen MR) is 137 cm³/mol. The number of aromatic nitrogens is 1. The number of carboxylic acids is 1. The second-order valence-corrected chi connectivity index (χ2v) is 9.11. The number of carbonyl (C=O) groups excluding carboxylic acids is 2. The van der Waals surface area contributed by atoms with Crippen LogP contribution in [0.4, 0.5) is 0 Å². The van der Waals surface area contributed by atoms with Gasteiger partial charge in [0.1, 0.15) is 17.9 Å². The van der Waals surface area contributed by atoms with Crippen molar-refractivity contribution in [2.24, 2.45) is 0 Å². The second kappa shape index (κ2) is 10.2. The number of fused-ring (bicyclic) bond motifs is 2. The molecule has 0 bridgehead atoms. The number of ether oxygens (including phenoxy) is 2. The lowest BCUT2D eigenvalue weighted by atomic mass is 9.93. The number of aryl methyl sites for hydroxylation is 1. The van der Waals surface area contributed by atoms with E-state index >= 15 is 0 Å². The number of aliphatic carboxylic acids is 1. The molecule has 3 N–H and O–H groups in total. The largest absolute Gasteiger partial charge is 0.483 e. The molecule has 8 heteroatoms. The lowest BCUT2D eigenvalue weighted by molar-refractivity contribution is -0.142. The number of para-hydroxylation sites is 1. The zero-order valence-electron chi connectivity index (χ0n) is 20.2. The smallest absolute Gasteiger partial charge is 0.339 e. The SMILES string of the molecule is Cc1ccc(OCC(=O)N[C@H](Cc2c[nH]c3ccccc23)C(=O)O)c([C@@H]2Cc3ccccc3C(=O)O2)c1. The van der Waals surface area contributed by atoms with Gasteiger partial charge in [-0.05, 0) is 42.3 Å².